The number of imidazole rings is 1. The zero-order chi connectivity index (χ0) is 20.2. The Labute approximate surface area is 161 Å². The van der Waals surface area contributed by atoms with Crippen LogP contribution < -0.4 is 16.4 Å². The number of aromatic amines is 1. The Morgan fingerprint density at radius 1 is 1.30 bits per heavy atom. The molecule has 0 aliphatic carbocycles. The summed E-state index contributed by atoms with van der Waals surface area (Å²) in [4.78, 5) is 54.3. The van der Waals surface area contributed by atoms with Gasteiger partial charge in [-0.15, -0.1) is 0 Å². The first kappa shape index (κ1) is 22.6. The quantitative estimate of drug-likeness (QED) is 0.349. The van der Waals surface area contributed by atoms with E-state index >= 15 is 0 Å². The molecule has 27 heavy (non-hydrogen) atoms. The van der Waals surface area contributed by atoms with E-state index in [1.807, 2.05) is 0 Å². The van der Waals surface area contributed by atoms with Gasteiger partial charge in [-0.05, 0) is 13.0 Å². The van der Waals surface area contributed by atoms with Gasteiger partial charge in [0.25, 0.3) is 0 Å². The standard InChI is InChI=1S/C16H25N5O5S/c1-10(22)20-13(15(24)26-2)8-27-16(25)12(6-11-7-18-9-19-11)21-14(23)4-3-5-17/h7,9,12-13H,3-6,8,17H2,1-2H3,(H,18,19)(H,20,22)(H,21,23)/t12-,13?/m0/s1. The van der Waals surface area contributed by atoms with E-state index in [9.17, 15) is 19.2 Å². The fraction of sp³-hybridized carbons (Fsp3) is 0.562. The molecule has 5 N–H and O–H groups in total. The Bertz CT molecular complexity index is 637. The van der Waals surface area contributed by atoms with E-state index in [1.54, 1.807) is 6.20 Å². The molecular formula is C16H25N5O5S. The second-order valence-electron chi connectivity index (χ2n) is 5.70. The number of thioether (sulfide) groups is 1. The molecule has 0 aliphatic rings. The van der Waals surface area contributed by atoms with Gasteiger partial charge in [0, 0.05) is 37.4 Å². The first-order valence-electron chi connectivity index (χ1n) is 8.35. The molecule has 0 radical (unpaired) electrons. The largest absolute Gasteiger partial charge is 0.467 e. The summed E-state index contributed by atoms with van der Waals surface area (Å²) in [7, 11) is 1.20. The summed E-state index contributed by atoms with van der Waals surface area (Å²) in [5.74, 6) is -1.36. The number of nitrogens with one attached hydrogen (secondary N) is 3. The van der Waals surface area contributed by atoms with Crippen LogP contribution in [0.3, 0.4) is 0 Å². The van der Waals surface area contributed by atoms with Crippen LogP contribution in [0.4, 0.5) is 0 Å². The van der Waals surface area contributed by atoms with Crippen molar-refractivity contribution in [3.05, 3.63) is 18.2 Å². The number of methoxy groups -OCH3 is 1. The molecule has 0 bridgehead atoms. The van der Waals surface area contributed by atoms with Crippen molar-refractivity contribution in [2.45, 2.75) is 38.3 Å². The summed E-state index contributed by atoms with van der Waals surface area (Å²) in [6.07, 6.45) is 3.99. The van der Waals surface area contributed by atoms with Gasteiger partial charge in [-0.25, -0.2) is 9.78 Å². The molecule has 10 nitrogen and oxygen atoms in total. The highest BCUT2D eigenvalue weighted by molar-refractivity contribution is 8.13. The van der Waals surface area contributed by atoms with Gasteiger partial charge in [0.05, 0.1) is 13.4 Å². The number of nitrogens with zero attached hydrogens (tertiary/aromatic N) is 1. The lowest BCUT2D eigenvalue weighted by atomic mass is 10.1. The number of nitrogens with two attached hydrogens (primary N) is 1. The smallest absolute Gasteiger partial charge is 0.329 e. The van der Waals surface area contributed by atoms with E-state index in [2.05, 4.69) is 25.3 Å². The van der Waals surface area contributed by atoms with Crippen molar-refractivity contribution in [2.24, 2.45) is 5.73 Å². The van der Waals surface area contributed by atoms with Gasteiger partial charge in [-0.1, -0.05) is 11.8 Å². The number of carbonyl (C=O) groups excluding carboxylic acids is 4. The van der Waals surface area contributed by atoms with Crippen LogP contribution >= 0.6 is 11.8 Å². The summed E-state index contributed by atoms with van der Waals surface area (Å²) < 4.78 is 4.63. The third-order valence-electron chi connectivity index (χ3n) is 3.46. The maximum absolute atomic E-state index is 12.6. The zero-order valence-electron chi connectivity index (χ0n) is 15.3. The molecule has 2 atom stereocenters. The topological polar surface area (TPSA) is 156 Å². The van der Waals surface area contributed by atoms with Gasteiger partial charge in [0.1, 0.15) is 12.1 Å². The number of rotatable bonds is 11. The molecule has 150 valence electrons. The zero-order valence-corrected chi connectivity index (χ0v) is 16.1. The van der Waals surface area contributed by atoms with Crippen molar-refractivity contribution < 1.29 is 23.9 Å². The summed E-state index contributed by atoms with van der Waals surface area (Å²) >= 11 is 0.838. The molecule has 0 aliphatic heterocycles. The van der Waals surface area contributed by atoms with Gasteiger partial charge in [-0.3, -0.25) is 14.4 Å². The van der Waals surface area contributed by atoms with E-state index in [0.29, 0.717) is 18.7 Å². The van der Waals surface area contributed by atoms with Crippen LogP contribution in [0.15, 0.2) is 12.5 Å². The Hall–Kier alpha value is -2.40. The van der Waals surface area contributed by atoms with Crippen LogP contribution in [-0.4, -0.2) is 64.4 Å². The van der Waals surface area contributed by atoms with Crippen molar-refractivity contribution in [1.29, 1.82) is 0 Å². The molecule has 11 heteroatoms. The van der Waals surface area contributed by atoms with Crippen LogP contribution in [0.2, 0.25) is 0 Å². The third-order valence-corrected chi connectivity index (χ3v) is 4.53. The average Bonchev–Trinajstić information content (AvgIpc) is 3.14. The Morgan fingerprint density at radius 3 is 2.59 bits per heavy atom. The Balaban J connectivity index is 2.74. The van der Waals surface area contributed by atoms with Crippen molar-refractivity contribution in [3.63, 3.8) is 0 Å². The summed E-state index contributed by atoms with van der Waals surface area (Å²) in [5.41, 5.74) is 6.08. The van der Waals surface area contributed by atoms with Gasteiger partial charge < -0.3 is 26.1 Å². The number of aromatic nitrogens is 2. The van der Waals surface area contributed by atoms with Crippen molar-refractivity contribution in [3.8, 4) is 0 Å². The fourth-order valence-corrected chi connectivity index (χ4v) is 3.05. The fourth-order valence-electron chi connectivity index (χ4n) is 2.16. The number of carbonyl (C=O) groups is 4. The normalized spacial score (nSPS) is 12.7. The highest BCUT2D eigenvalue weighted by Crippen LogP contribution is 2.12. The van der Waals surface area contributed by atoms with Crippen molar-refractivity contribution in [1.82, 2.24) is 20.6 Å². The molecule has 1 aromatic heterocycles. The number of hydrogen-bond acceptors (Lipinski definition) is 8. The second-order valence-corrected chi connectivity index (χ2v) is 6.72. The molecule has 1 aromatic rings. The summed E-state index contributed by atoms with van der Waals surface area (Å²) in [6, 6.07) is -1.77. The molecular weight excluding hydrogens is 374 g/mol. The van der Waals surface area contributed by atoms with E-state index in [-0.39, 0.29) is 29.6 Å². The van der Waals surface area contributed by atoms with Crippen LogP contribution in [0.25, 0.3) is 0 Å². The van der Waals surface area contributed by atoms with Crippen molar-refractivity contribution >= 4 is 34.7 Å². The SMILES string of the molecule is COC(=O)C(CSC(=O)[C@H](Cc1cnc[nH]1)NC(=O)CCCN)NC(C)=O. The van der Waals surface area contributed by atoms with Crippen LogP contribution in [0, 0.1) is 0 Å². The monoisotopic (exact) mass is 399 g/mol. The molecule has 0 saturated heterocycles. The first-order chi connectivity index (χ1) is 12.9. The van der Waals surface area contributed by atoms with E-state index in [0.717, 1.165) is 11.8 Å². The summed E-state index contributed by atoms with van der Waals surface area (Å²) in [6.45, 7) is 1.64. The highest BCUT2D eigenvalue weighted by Gasteiger charge is 2.26. The molecule has 2 amide bonds. The minimum absolute atomic E-state index is 0.0107. The Morgan fingerprint density at radius 2 is 2.04 bits per heavy atom. The van der Waals surface area contributed by atoms with Gasteiger partial charge in [-0.2, -0.15) is 0 Å². The lowest BCUT2D eigenvalue weighted by molar-refractivity contribution is -0.144. The summed E-state index contributed by atoms with van der Waals surface area (Å²) in [5, 5.41) is 4.77. The molecule has 0 saturated carbocycles. The highest BCUT2D eigenvalue weighted by atomic mass is 32.2. The number of amides is 2. The minimum Gasteiger partial charge on any atom is -0.467 e. The van der Waals surface area contributed by atoms with Gasteiger partial charge in [0.15, 0.2) is 0 Å². The number of ether oxygens (including phenoxy) is 1. The molecule has 1 rings (SSSR count). The van der Waals surface area contributed by atoms with E-state index < -0.39 is 24.0 Å². The van der Waals surface area contributed by atoms with Crippen LogP contribution in [-0.2, 0) is 30.3 Å². The van der Waals surface area contributed by atoms with Crippen LogP contribution in [0.1, 0.15) is 25.5 Å². The first-order valence-corrected chi connectivity index (χ1v) is 9.34. The van der Waals surface area contributed by atoms with Gasteiger partial charge in [0.2, 0.25) is 16.9 Å². The maximum Gasteiger partial charge on any atom is 0.329 e. The van der Waals surface area contributed by atoms with Crippen molar-refractivity contribution in [2.75, 3.05) is 19.4 Å². The number of H-pyrrole nitrogens is 1. The van der Waals surface area contributed by atoms with Gasteiger partial charge >= 0.3 is 5.97 Å². The minimum atomic E-state index is -0.956. The lowest BCUT2D eigenvalue weighted by Gasteiger charge is -2.19. The molecule has 0 spiro atoms. The average molecular weight is 399 g/mol. The third kappa shape index (κ3) is 8.69. The number of esters is 1. The van der Waals surface area contributed by atoms with E-state index in [4.69, 9.17) is 5.73 Å². The maximum atomic E-state index is 12.6. The molecule has 1 heterocycles. The predicted octanol–water partition coefficient (Wildman–Crippen LogP) is -0.887. The molecule has 0 fully saturated rings. The molecule has 1 unspecified atom stereocenters. The lowest BCUT2D eigenvalue weighted by Crippen LogP contribution is -2.44. The Kier molecular flexibility index (Phi) is 10.1. The second kappa shape index (κ2) is 12.1. The predicted molar refractivity (Wildman–Crippen MR) is 99.6 cm³/mol. The van der Waals surface area contributed by atoms with E-state index in [1.165, 1.54) is 20.4 Å². The van der Waals surface area contributed by atoms with Crippen LogP contribution in [0.5, 0.6) is 0 Å². The molecule has 0 aromatic carbocycles. The number of hydrogen-bond donors (Lipinski definition) is 4.